The van der Waals surface area contributed by atoms with Crippen molar-refractivity contribution in [3.63, 3.8) is 0 Å². The van der Waals surface area contributed by atoms with E-state index in [1.54, 1.807) is 0 Å². The normalized spacial score (nSPS) is 11.1. The minimum Gasteiger partial charge on any atom is -0.308 e. The summed E-state index contributed by atoms with van der Waals surface area (Å²) in [5.41, 5.74) is 11.6. The van der Waals surface area contributed by atoms with Gasteiger partial charge in [0.15, 0.2) is 5.82 Å². The summed E-state index contributed by atoms with van der Waals surface area (Å²) in [5.74, 6) is 0.540. The van der Waals surface area contributed by atoms with Crippen molar-refractivity contribution in [2.45, 2.75) is 0 Å². The van der Waals surface area contributed by atoms with E-state index < -0.39 is 0 Å². The number of hydrogen-bond acceptors (Lipinski definition) is 3. The lowest BCUT2D eigenvalue weighted by molar-refractivity contribution is 1.13. The summed E-state index contributed by atoms with van der Waals surface area (Å²) in [6.07, 6.45) is 0. The molecule has 0 aliphatic rings. The Balaban J connectivity index is 1.48. The van der Waals surface area contributed by atoms with Crippen LogP contribution in [0, 0.1) is 11.3 Å². The maximum Gasteiger partial charge on any atom is 0.162 e. The van der Waals surface area contributed by atoms with E-state index in [0.717, 1.165) is 55.7 Å². The van der Waals surface area contributed by atoms with Gasteiger partial charge in [-0.3, -0.25) is 0 Å². The van der Waals surface area contributed by atoms with E-state index in [2.05, 4.69) is 120 Å². The molecule has 0 amide bonds. The fourth-order valence-corrected chi connectivity index (χ4v) is 7.14. The van der Waals surface area contributed by atoms with Gasteiger partial charge in [-0.05, 0) is 41.0 Å². The van der Waals surface area contributed by atoms with E-state index in [1.807, 2.05) is 72.8 Å². The first-order valence-electron chi connectivity index (χ1n) is 17.0. The van der Waals surface area contributed by atoms with Gasteiger partial charge in [-0.1, -0.05) is 158 Å². The van der Waals surface area contributed by atoms with Crippen LogP contribution >= 0.6 is 0 Å². The Morgan fingerprint density at radius 2 is 0.824 bits per heavy atom. The summed E-state index contributed by atoms with van der Waals surface area (Å²) in [4.78, 5) is 10.6. The highest BCUT2D eigenvalue weighted by molar-refractivity contribution is 6.10. The quantitative estimate of drug-likeness (QED) is 0.180. The maximum atomic E-state index is 10.7. The predicted molar refractivity (Wildman–Crippen MR) is 208 cm³/mol. The average molecular weight is 651 g/mol. The van der Waals surface area contributed by atoms with Gasteiger partial charge in [0.05, 0.1) is 28.1 Å². The van der Waals surface area contributed by atoms with Crippen LogP contribution in [0.4, 0.5) is 0 Å². The fraction of sp³-hybridized carbons (Fsp3) is 0. The van der Waals surface area contributed by atoms with Crippen molar-refractivity contribution in [3.8, 4) is 67.9 Å². The molecular formula is C47H30N4. The molecule has 9 aromatic rings. The van der Waals surface area contributed by atoms with Gasteiger partial charge in [0.2, 0.25) is 0 Å². The summed E-state index contributed by atoms with van der Waals surface area (Å²) in [6, 6.07) is 65.0. The standard InChI is InChI=1S/C47H30N4/c48-31-41-44(34-21-9-3-10-22-34)49-47(50-45(41)35-23-11-4-12-24-35)40-30-36(32-17-5-1-6-18-32)29-39(33-19-7-2-8-20-33)46(40)51-42-27-15-13-25-37(42)38-26-14-16-28-43(38)51/h1-30H. The van der Waals surface area contributed by atoms with Crippen LogP contribution in [0.1, 0.15) is 5.56 Å². The number of hydrogen-bond donors (Lipinski definition) is 0. The number of aromatic nitrogens is 3. The molecular weight excluding hydrogens is 621 g/mol. The SMILES string of the molecule is N#Cc1c(-c2ccccc2)nc(-c2cc(-c3ccccc3)cc(-c3ccccc3)c2-n2c3ccccc3c3ccccc32)nc1-c1ccccc1. The van der Waals surface area contributed by atoms with Crippen LogP contribution in [0.25, 0.3) is 83.6 Å². The van der Waals surface area contributed by atoms with Gasteiger partial charge in [-0.2, -0.15) is 5.26 Å². The summed E-state index contributed by atoms with van der Waals surface area (Å²) in [5, 5.41) is 13.0. The lowest BCUT2D eigenvalue weighted by Gasteiger charge is -2.21. The second-order valence-corrected chi connectivity index (χ2v) is 12.5. The molecule has 4 nitrogen and oxygen atoms in total. The summed E-state index contributed by atoms with van der Waals surface area (Å²) >= 11 is 0. The molecule has 0 atom stereocenters. The molecule has 0 unspecified atom stereocenters. The molecule has 238 valence electrons. The number of fused-ring (bicyclic) bond motifs is 3. The average Bonchev–Trinajstić information content (AvgIpc) is 3.55. The van der Waals surface area contributed by atoms with Crippen LogP contribution in [0.3, 0.4) is 0 Å². The van der Waals surface area contributed by atoms with Crippen molar-refractivity contribution in [2.24, 2.45) is 0 Å². The van der Waals surface area contributed by atoms with Gasteiger partial charge in [-0.15, -0.1) is 0 Å². The molecule has 9 rings (SSSR count). The number of benzene rings is 7. The number of nitrogens with zero attached hydrogens (tertiary/aromatic N) is 4. The Morgan fingerprint density at radius 3 is 1.31 bits per heavy atom. The highest BCUT2D eigenvalue weighted by Gasteiger charge is 2.25. The second kappa shape index (κ2) is 12.7. The van der Waals surface area contributed by atoms with Crippen molar-refractivity contribution >= 4 is 21.8 Å². The molecule has 2 aromatic heterocycles. The van der Waals surface area contributed by atoms with Crippen LogP contribution in [0.2, 0.25) is 0 Å². The molecule has 4 heteroatoms. The van der Waals surface area contributed by atoms with E-state index in [9.17, 15) is 5.26 Å². The van der Waals surface area contributed by atoms with Gasteiger partial charge >= 0.3 is 0 Å². The third-order valence-corrected chi connectivity index (χ3v) is 9.46. The van der Waals surface area contributed by atoms with Crippen molar-refractivity contribution in [2.75, 3.05) is 0 Å². The van der Waals surface area contributed by atoms with E-state index >= 15 is 0 Å². The van der Waals surface area contributed by atoms with E-state index in [4.69, 9.17) is 9.97 Å². The summed E-state index contributed by atoms with van der Waals surface area (Å²) < 4.78 is 2.36. The van der Waals surface area contributed by atoms with Gasteiger partial charge in [0.1, 0.15) is 11.6 Å². The van der Waals surface area contributed by atoms with Crippen LogP contribution in [-0.2, 0) is 0 Å². The third-order valence-electron chi connectivity index (χ3n) is 9.46. The first-order chi connectivity index (χ1) is 25.3. The smallest absolute Gasteiger partial charge is 0.162 e. The molecule has 7 aromatic carbocycles. The zero-order valence-corrected chi connectivity index (χ0v) is 27.6. The zero-order chi connectivity index (χ0) is 34.1. The molecule has 0 radical (unpaired) electrons. The predicted octanol–water partition coefficient (Wildman–Crippen LogP) is 11.8. The Morgan fingerprint density at radius 1 is 0.412 bits per heavy atom. The molecule has 0 saturated heterocycles. The lowest BCUT2D eigenvalue weighted by atomic mass is 9.92. The molecule has 2 heterocycles. The van der Waals surface area contributed by atoms with Gasteiger partial charge in [0.25, 0.3) is 0 Å². The first kappa shape index (κ1) is 30.0. The van der Waals surface area contributed by atoms with Crippen LogP contribution in [-0.4, -0.2) is 14.5 Å². The molecule has 0 aliphatic carbocycles. The molecule has 0 fully saturated rings. The fourth-order valence-electron chi connectivity index (χ4n) is 7.14. The lowest BCUT2D eigenvalue weighted by Crippen LogP contribution is -2.06. The summed E-state index contributed by atoms with van der Waals surface area (Å²) in [6.45, 7) is 0. The Hall–Kier alpha value is -7.09. The Kier molecular flexibility index (Phi) is 7.50. The largest absolute Gasteiger partial charge is 0.308 e. The van der Waals surface area contributed by atoms with E-state index in [1.165, 1.54) is 10.8 Å². The van der Waals surface area contributed by atoms with Crippen LogP contribution in [0.5, 0.6) is 0 Å². The van der Waals surface area contributed by atoms with Crippen molar-refractivity contribution in [1.29, 1.82) is 5.26 Å². The first-order valence-corrected chi connectivity index (χ1v) is 17.0. The van der Waals surface area contributed by atoms with Crippen molar-refractivity contribution < 1.29 is 0 Å². The zero-order valence-electron chi connectivity index (χ0n) is 27.6. The Labute approximate surface area is 296 Å². The number of rotatable bonds is 6. The molecule has 0 bridgehead atoms. The summed E-state index contributed by atoms with van der Waals surface area (Å²) in [7, 11) is 0. The number of para-hydroxylation sites is 2. The van der Waals surface area contributed by atoms with E-state index in [-0.39, 0.29) is 0 Å². The topological polar surface area (TPSA) is 54.5 Å². The highest BCUT2D eigenvalue weighted by atomic mass is 15.0. The van der Waals surface area contributed by atoms with Crippen molar-refractivity contribution in [1.82, 2.24) is 14.5 Å². The number of nitriles is 1. The van der Waals surface area contributed by atoms with Crippen molar-refractivity contribution in [3.05, 3.63) is 188 Å². The van der Waals surface area contributed by atoms with Crippen LogP contribution in [0.15, 0.2) is 182 Å². The molecule has 0 spiro atoms. The second-order valence-electron chi connectivity index (χ2n) is 12.5. The molecule has 0 aliphatic heterocycles. The van der Waals surface area contributed by atoms with Gasteiger partial charge < -0.3 is 4.57 Å². The van der Waals surface area contributed by atoms with Crippen LogP contribution < -0.4 is 0 Å². The minimum atomic E-state index is 0.442. The monoisotopic (exact) mass is 650 g/mol. The minimum absolute atomic E-state index is 0.442. The maximum absolute atomic E-state index is 10.7. The molecule has 0 saturated carbocycles. The van der Waals surface area contributed by atoms with Gasteiger partial charge in [0, 0.05) is 33.0 Å². The highest BCUT2D eigenvalue weighted by Crippen LogP contribution is 2.44. The Bertz CT molecular complexity index is 2610. The van der Waals surface area contributed by atoms with Gasteiger partial charge in [-0.25, -0.2) is 9.97 Å². The van der Waals surface area contributed by atoms with E-state index in [0.29, 0.717) is 22.8 Å². The molecule has 0 N–H and O–H groups in total. The molecule has 51 heavy (non-hydrogen) atoms. The third kappa shape index (κ3) is 5.25.